The lowest BCUT2D eigenvalue weighted by molar-refractivity contribution is 0.0950. The molecule has 0 aliphatic heterocycles. The number of amides is 1. The van der Waals surface area contributed by atoms with Gasteiger partial charge in [0.2, 0.25) is 0 Å². The second-order valence-corrected chi connectivity index (χ2v) is 6.28. The third-order valence-corrected chi connectivity index (χ3v) is 3.99. The van der Waals surface area contributed by atoms with E-state index in [9.17, 15) is 4.79 Å². The summed E-state index contributed by atoms with van der Waals surface area (Å²) >= 11 is 9.19. The van der Waals surface area contributed by atoms with Gasteiger partial charge >= 0.3 is 0 Å². The van der Waals surface area contributed by atoms with Crippen molar-refractivity contribution < 1.29 is 4.79 Å². The first-order valence-corrected chi connectivity index (χ1v) is 8.19. The zero-order valence-electron chi connectivity index (χ0n) is 12.3. The molecule has 0 spiro atoms. The average molecular weight is 404 g/mol. The number of carbonyl (C=O) groups is 1. The van der Waals surface area contributed by atoms with E-state index >= 15 is 0 Å². The number of hydrogen-bond donors (Lipinski definition) is 2. The molecule has 3 aromatic rings. The van der Waals surface area contributed by atoms with E-state index < -0.39 is 0 Å². The molecule has 0 atom stereocenters. The van der Waals surface area contributed by atoms with Crippen LogP contribution in [-0.4, -0.2) is 22.3 Å². The summed E-state index contributed by atoms with van der Waals surface area (Å²) in [7, 11) is 0. The minimum Gasteiger partial charge on any atom is -0.272 e. The molecular formula is C17H12BrClN4O. The van der Waals surface area contributed by atoms with E-state index in [4.69, 9.17) is 11.6 Å². The van der Waals surface area contributed by atoms with Gasteiger partial charge in [-0.2, -0.15) is 10.2 Å². The summed E-state index contributed by atoms with van der Waals surface area (Å²) < 4.78 is 0.983. The highest BCUT2D eigenvalue weighted by Gasteiger charge is 2.10. The SMILES string of the molecule is O=C(N/N=C/c1ccc(Cl)cc1)c1cc(-c2ccc(Br)cc2)n[nH]1. The van der Waals surface area contributed by atoms with Crippen molar-refractivity contribution in [1.82, 2.24) is 15.6 Å². The van der Waals surface area contributed by atoms with Crippen molar-refractivity contribution in [3.8, 4) is 11.3 Å². The Hall–Kier alpha value is -2.44. The minimum absolute atomic E-state index is 0.334. The van der Waals surface area contributed by atoms with Crippen LogP contribution in [-0.2, 0) is 0 Å². The van der Waals surface area contributed by atoms with E-state index in [1.807, 2.05) is 24.3 Å². The molecule has 0 radical (unpaired) electrons. The molecule has 1 aromatic heterocycles. The number of benzene rings is 2. The summed E-state index contributed by atoms with van der Waals surface area (Å²) in [5.41, 5.74) is 5.23. The Morgan fingerprint density at radius 1 is 1.17 bits per heavy atom. The number of halogens is 2. The van der Waals surface area contributed by atoms with Gasteiger partial charge in [0.25, 0.3) is 5.91 Å². The molecule has 3 rings (SSSR count). The van der Waals surface area contributed by atoms with E-state index in [-0.39, 0.29) is 5.91 Å². The van der Waals surface area contributed by atoms with Gasteiger partial charge in [0.05, 0.1) is 11.9 Å². The normalized spacial score (nSPS) is 10.9. The van der Waals surface area contributed by atoms with Crippen molar-refractivity contribution in [2.24, 2.45) is 5.10 Å². The molecule has 0 aliphatic rings. The molecule has 2 aromatic carbocycles. The van der Waals surface area contributed by atoms with Crippen molar-refractivity contribution in [3.63, 3.8) is 0 Å². The highest BCUT2D eigenvalue weighted by Crippen LogP contribution is 2.20. The maximum absolute atomic E-state index is 12.1. The van der Waals surface area contributed by atoms with Crippen molar-refractivity contribution in [1.29, 1.82) is 0 Å². The molecule has 0 saturated heterocycles. The number of nitrogens with one attached hydrogen (secondary N) is 2. The van der Waals surface area contributed by atoms with Gasteiger partial charge in [0.1, 0.15) is 5.69 Å². The zero-order valence-corrected chi connectivity index (χ0v) is 14.7. The van der Waals surface area contributed by atoms with Gasteiger partial charge in [0, 0.05) is 15.1 Å². The summed E-state index contributed by atoms with van der Waals surface area (Å²) in [6.45, 7) is 0. The Morgan fingerprint density at radius 2 is 1.88 bits per heavy atom. The number of hydrogen-bond acceptors (Lipinski definition) is 3. The van der Waals surface area contributed by atoms with Crippen LogP contribution in [0, 0.1) is 0 Å². The Labute approximate surface area is 151 Å². The molecule has 7 heteroatoms. The zero-order chi connectivity index (χ0) is 16.9. The summed E-state index contributed by atoms with van der Waals surface area (Å²) in [5.74, 6) is -0.365. The third kappa shape index (κ3) is 4.10. The van der Waals surface area contributed by atoms with Crippen LogP contribution in [0.4, 0.5) is 0 Å². The molecule has 0 bridgehead atoms. The number of carbonyl (C=O) groups excluding carboxylic acids is 1. The molecular weight excluding hydrogens is 392 g/mol. The van der Waals surface area contributed by atoms with Gasteiger partial charge in [-0.25, -0.2) is 5.43 Å². The van der Waals surface area contributed by atoms with E-state index in [0.29, 0.717) is 16.4 Å². The van der Waals surface area contributed by atoms with Crippen LogP contribution in [0.15, 0.2) is 64.2 Å². The number of rotatable bonds is 4. The molecule has 0 fully saturated rings. The molecule has 1 heterocycles. The van der Waals surface area contributed by atoms with E-state index in [2.05, 4.69) is 36.7 Å². The van der Waals surface area contributed by atoms with Crippen molar-refractivity contribution in [2.45, 2.75) is 0 Å². The highest BCUT2D eigenvalue weighted by atomic mass is 79.9. The Balaban J connectivity index is 1.65. The Morgan fingerprint density at radius 3 is 2.58 bits per heavy atom. The standard InChI is InChI=1S/C17H12BrClN4O/c18-13-5-3-12(4-6-13)15-9-16(22-21-15)17(24)23-20-10-11-1-7-14(19)8-2-11/h1-10H,(H,21,22)(H,23,24)/b20-10+. The van der Waals surface area contributed by atoms with E-state index in [0.717, 1.165) is 15.6 Å². The van der Waals surface area contributed by atoms with Crippen molar-refractivity contribution >= 4 is 39.7 Å². The second-order valence-electron chi connectivity index (χ2n) is 4.92. The monoisotopic (exact) mass is 402 g/mol. The first kappa shape index (κ1) is 16.4. The van der Waals surface area contributed by atoms with Crippen LogP contribution in [0.1, 0.15) is 16.1 Å². The average Bonchev–Trinajstić information content (AvgIpc) is 3.07. The van der Waals surface area contributed by atoms with Gasteiger partial charge in [-0.3, -0.25) is 9.89 Å². The first-order chi connectivity index (χ1) is 11.6. The lowest BCUT2D eigenvalue weighted by atomic mass is 10.1. The number of H-pyrrole nitrogens is 1. The summed E-state index contributed by atoms with van der Waals surface area (Å²) in [6, 6.07) is 16.5. The van der Waals surface area contributed by atoms with Gasteiger partial charge in [-0.05, 0) is 35.9 Å². The van der Waals surface area contributed by atoms with Gasteiger partial charge < -0.3 is 0 Å². The van der Waals surface area contributed by atoms with Crippen molar-refractivity contribution in [2.75, 3.05) is 0 Å². The predicted octanol–water partition coefficient (Wildman–Crippen LogP) is 4.26. The quantitative estimate of drug-likeness (QED) is 0.505. The molecule has 0 unspecified atom stereocenters. The smallest absolute Gasteiger partial charge is 0.272 e. The van der Waals surface area contributed by atoms with Gasteiger partial charge in [-0.15, -0.1) is 0 Å². The molecule has 0 aliphatic carbocycles. The van der Waals surface area contributed by atoms with Gasteiger partial charge in [-0.1, -0.05) is 51.8 Å². The number of nitrogens with zero attached hydrogens (tertiary/aromatic N) is 2. The molecule has 1 amide bonds. The number of aromatic amines is 1. The summed E-state index contributed by atoms with van der Waals surface area (Å²) in [4.78, 5) is 12.1. The van der Waals surface area contributed by atoms with E-state index in [1.54, 1.807) is 36.5 Å². The molecule has 2 N–H and O–H groups in total. The van der Waals surface area contributed by atoms with Crippen LogP contribution in [0.3, 0.4) is 0 Å². The fourth-order valence-electron chi connectivity index (χ4n) is 1.98. The Kier molecular flexibility index (Phi) is 5.08. The van der Waals surface area contributed by atoms with Crippen LogP contribution in [0.25, 0.3) is 11.3 Å². The lowest BCUT2D eigenvalue weighted by Gasteiger charge is -1.96. The van der Waals surface area contributed by atoms with Crippen LogP contribution >= 0.6 is 27.5 Å². The van der Waals surface area contributed by atoms with Crippen LogP contribution < -0.4 is 5.43 Å². The minimum atomic E-state index is -0.365. The van der Waals surface area contributed by atoms with Crippen molar-refractivity contribution in [3.05, 3.63) is 75.4 Å². The first-order valence-electron chi connectivity index (χ1n) is 7.02. The fourth-order valence-corrected chi connectivity index (χ4v) is 2.37. The summed E-state index contributed by atoms with van der Waals surface area (Å²) in [5, 5.41) is 11.4. The number of hydrazone groups is 1. The highest BCUT2D eigenvalue weighted by molar-refractivity contribution is 9.10. The number of aromatic nitrogens is 2. The fraction of sp³-hybridized carbons (Fsp3) is 0. The second kappa shape index (κ2) is 7.42. The molecule has 5 nitrogen and oxygen atoms in total. The largest absolute Gasteiger partial charge is 0.289 e. The molecule has 24 heavy (non-hydrogen) atoms. The summed E-state index contributed by atoms with van der Waals surface area (Å²) in [6.07, 6.45) is 1.54. The third-order valence-electron chi connectivity index (χ3n) is 3.21. The van der Waals surface area contributed by atoms with Gasteiger partial charge in [0.15, 0.2) is 0 Å². The topological polar surface area (TPSA) is 70.1 Å². The van der Waals surface area contributed by atoms with Crippen LogP contribution in [0.2, 0.25) is 5.02 Å². The maximum atomic E-state index is 12.1. The van der Waals surface area contributed by atoms with Crippen LogP contribution in [0.5, 0.6) is 0 Å². The van der Waals surface area contributed by atoms with E-state index in [1.165, 1.54) is 0 Å². The lowest BCUT2D eigenvalue weighted by Crippen LogP contribution is -2.17. The predicted molar refractivity (Wildman–Crippen MR) is 98.2 cm³/mol. The maximum Gasteiger partial charge on any atom is 0.289 e. The molecule has 0 saturated carbocycles. The Bertz CT molecular complexity index is 872. The molecule has 120 valence electrons.